The van der Waals surface area contributed by atoms with E-state index in [1.807, 2.05) is 24.3 Å². The molecule has 38 heavy (non-hydrogen) atoms. The standard InChI is InChI=1S/C30H29N3O5/c34-30(31-17-22-7-9-27-29(14-22)37-20-36-27)26-16-25(38-32-26)19-33(12-10-21-4-2-1-3-5-21)18-23-6-8-24-11-13-35-28(24)15-23/h1-9,14-16H,10-13,17-20H2,(H,31,34). The van der Waals surface area contributed by atoms with E-state index in [1.54, 1.807) is 6.07 Å². The monoisotopic (exact) mass is 511 g/mol. The first-order valence-electron chi connectivity index (χ1n) is 12.8. The van der Waals surface area contributed by atoms with Crippen molar-refractivity contribution in [2.45, 2.75) is 32.5 Å². The number of amides is 1. The molecule has 0 radical (unpaired) electrons. The van der Waals surface area contributed by atoms with Crippen molar-refractivity contribution in [3.05, 3.63) is 107 Å². The summed E-state index contributed by atoms with van der Waals surface area (Å²) in [6, 6.07) is 24.2. The summed E-state index contributed by atoms with van der Waals surface area (Å²) >= 11 is 0. The average Bonchev–Trinajstić information content (AvgIpc) is 3.71. The minimum atomic E-state index is -0.288. The van der Waals surface area contributed by atoms with Crippen molar-refractivity contribution in [2.24, 2.45) is 0 Å². The van der Waals surface area contributed by atoms with Crippen LogP contribution in [0.2, 0.25) is 0 Å². The number of nitrogens with zero attached hydrogens (tertiary/aromatic N) is 2. The molecule has 2 aliphatic heterocycles. The van der Waals surface area contributed by atoms with Crippen LogP contribution in [0.25, 0.3) is 0 Å². The van der Waals surface area contributed by atoms with Gasteiger partial charge in [-0.25, -0.2) is 0 Å². The van der Waals surface area contributed by atoms with Gasteiger partial charge in [-0.05, 0) is 46.9 Å². The van der Waals surface area contributed by atoms with Gasteiger partial charge in [0.1, 0.15) is 5.75 Å². The zero-order valence-electron chi connectivity index (χ0n) is 21.0. The molecule has 4 aromatic rings. The molecule has 0 saturated heterocycles. The van der Waals surface area contributed by atoms with E-state index in [9.17, 15) is 4.79 Å². The highest BCUT2D eigenvalue weighted by Crippen LogP contribution is 2.32. The predicted molar refractivity (Wildman–Crippen MR) is 140 cm³/mol. The molecule has 1 amide bonds. The van der Waals surface area contributed by atoms with E-state index in [-0.39, 0.29) is 18.4 Å². The normalized spacial score (nSPS) is 13.4. The lowest BCUT2D eigenvalue weighted by Crippen LogP contribution is -2.25. The van der Waals surface area contributed by atoms with Crippen LogP contribution in [-0.2, 0) is 32.5 Å². The summed E-state index contributed by atoms with van der Waals surface area (Å²) in [5.74, 6) is 2.73. The molecule has 6 rings (SSSR count). The van der Waals surface area contributed by atoms with Crippen molar-refractivity contribution in [3.8, 4) is 17.2 Å². The van der Waals surface area contributed by atoms with Gasteiger partial charge in [-0.2, -0.15) is 0 Å². The summed E-state index contributed by atoms with van der Waals surface area (Å²) in [5.41, 5.74) is 4.89. The highest BCUT2D eigenvalue weighted by atomic mass is 16.7. The van der Waals surface area contributed by atoms with Crippen LogP contribution in [0, 0.1) is 0 Å². The Morgan fingerprint density at radius 1 is 0.842 bits per heavy atom. The van der Waals surface area contributed by atoms with Crippen LogP contribution in [0.3, 0.4) is 0 Å². The second kappa shape index (κ2) is 11.0. The van der Waals surface area contributed by atoms with Crippen molar-refractivity contribution >= 4 is 5.91 Å². The Morgan fingerprint density at radius 3 is 2.61 bits per heavy atom. The van der Waals surface area contributed by atoms with Crippen LogP contribution < -0.4 is 19.5 Å². The number of rotatable bonds is 10. The summed E-state index contributed by atoms with van der Waals surface area (Å²) in [6.45, 7) is 3.40. The Labute approximate surface area is 221 Å². The summed E-state index contributed by atoms with van der Waals surface area (Å²) < 4.78 is 22.1. The van der Waals surface area contributed by atoms with Crippen LogP contribution in [0.1, 0.15) is 38.5 Å². The summed E-state index contributed by atoms with van der Waals surface area (Å²) in [5, 5.41) is 6.93. The molecule has 8 heteroatoms. The predicted octanol–water partition coefficient (Wildman–Crippen LogP) is 4.51. The number of nitrogens with one attached hydrogen (secondary N) is 1. The lowest BCUT2D eigenvalue weighted by Gasteiger charge is -2.21. The van der Waals surface area contributed by atoms with Crippen molar-refractivity contribution in [1.29, 1.82) is 0 Å². The Morgan fingerprint density at radius 2 is 1.68 bits per heavy atom. The average molecular weight is 512 g/mol. The van der Waals surface area contributed by atoms with Gasteiger partial charge in [0.15, 0.2) is 23.0 Å². The van der Waals surface area contributed by atoms with Gasteiger partial charge in [-0.15, -0.1) is 0 Å². The molecule has 0 saturated carbocycles. The number of hydrogen-bond donors (Lipinski definition) is 1. The van der Waals surface area contributed by atoms with Crippen LogP contribution in [0.15, 0.2) is 77.3 Å². The number of benzene rings is 3. The molecule has 0 unspecified atom stereocenters. The smallest absolute Gasteiger partial charge is 0.273 e. The van der Waals surface area contributed by atoms with E-state index < -0.39 is 0 Å². The van der Waals surface area contributed by atoms with Gasteiger partial charge in [0.25, 0.3) is 5.91 Å². The topological polar surface area (TPSA) is 86.1 Å². The minimum Gasteiger partial charge on any atom is -0.493 e. The molecule has 0 aliphatic carbocycles. The first-order valence-corrected chi connectivity index (χ1v) is 12.8. The summed E-state index contributed by atoms with van der Waals surface area (Å²) in [7, 11) is 0. The van der Waals surface area contributed by atoms with Gasteiger partial charge in [0.05, 0.1) is 13.2 Å². The molecule has 0 spiro atoms. The fourth-order valence-electron chi connectivity index (χ4n) is 4.75. The van der Waals surface area contributed by atoms with Crippen LogP contribution in [0.4, 0.5) is 0 Å². The van der Waals surface area contributed by atoms with E-state index in [0.29, 0.717) is 30.3 Å². The summed E-state index contributed by atoms with van der Waals surface area (Å²) in [4.78, 5) is 15.0. The van der Waals surface area contributed by atoms with Gasteiger partial charge in [0, 0.05) is 32.1 Å². The third kappa shape index (κ3) is 5.65. The molecule has 3 aromatic carbocycles. The molecule has 0 atom stereocenters. The van der Waals surface area contributed by atoms with E-state index in [0.717, 1.165) is 43.9 Å². The maximum atomic E-state index is 12.7. The number of fused-ring (bicyclic) bond motifs is 2. The first-order chi connectivity index (χ1) is 18.7. The highest BCUT2D eigenvalue weighted by Gasteiger charge is 2.18. The van der Waals surface area contributed by atoms with Crippen molar-refractivity contribution in [1.82, 2.24) is 15.4 Å². The Kier molecular flexibility index (Phi) is 6.95. The molecule has 1 aromatic heterocycles. The lowest BCUT2D eigenvalue weighted by atomic mass is 10.1. The quantitative estimate of drug-likeness (QED) is 0.335. The van der Waals surface area contributed by atoms with Crippen LogP contribution >= 0.6 is 0 Å². The van der Waals surface area contributed by atoms with Crippen LogP contribution in [-0.4, -0.2) is 35.9 Å². The number of carbonyl (C=O) groups excluding carboxylic acids is 1. The molecule has 0 fully saturated rings. The van der Waals surface area contributed by atoms with Crippen LogP contribution in [0.5, 0.6) is 17.2 Å². The second-order valence-corrected chi connectivity index (χ2v) is 9.54. The van der Waals surface area contributed by atoms with E-state index in [1.165, 1.54) is 16.7 Å². The van der Waals surface area contributed by atoms with Crippen molar-refractivity contribution in [3.63, 3.8) is 0 Å². The zero-order valence-corrected chi connectivity index (χ0v) is 21.0. The fourth-order valence-corrected chi connectivity index (χ4v) is 4.75. The third-order valence-electron chi connectivity index (χ3n) is 6.79. The van der Waals surface area contributed by atoms with Gasteiger partial charge >= 0.3 is 0 Å². The van der Waals surface area contributed by atoms with E-state index >= 15 is 0 Å². The fraction of sp³-hybridized carbons (Fsp3) is 0.267. The molecule has 194 valence electrons. The highest BCUT2D eigenvalue weighted by molar-refractivity contribution is 5.92. The zero-order chi connectivity index (χ0) is 25.7. The molecule has 8 nitrogen and oxygen atoms in total. The maximum absolute atomic E-state index is 12.7. The molecule has 0 bridgehead atoms. The Bertz CT molecular complexity index is 1420. The number of carbonyl (C=O) groups is 1. The number of hydrogen-bond acceptors (Lipinski definition) is 7. The Balaban J connectivity index is 1.10. The van der Waals surface area contributed by atoms with Gasteiger partial charge in [-0.1, -0.05) is 53.7 Å². The SMILES string of the molecule is O=C(NCc1ccc2c(c1)OCO2)c1cc(CN(CCc2ccccc2)Cc2ccc3c(c2)OCC3)on1. The molecule has 1 N–H and O–H groups in total. The second-order valence-electron chi connectivity index (χ2n) is 9.54. The molecule has 2 aliphatic rings. The van der Waals surface area contributed by atoms with Crippen molar-refractivity contribution in [2.75, 3.05) is 19.9 Å². The van der Waals surface area contributed by atoms with Gasteiger partial charge < -0.3 is 24.1 Å². The Hall–Kier alpha value is -4.30. The van der Waals surface area contributed by atoms with E-state index in [4.69, 9.17) is 18.7 Å². The minimum absolute atomic E-state index is 0.218. The van der Waals surface area contributed by atoms with Crippen molar-refractivity contribution < 1.29 is 23.5 Å². The third-order valence-corrected chi connectivity index (χ3v) is 6.79. The molecular weight excluding hydrogens is 482 g/mol. The maximum Gasteiger partial charge on any atom is 0.273 e. The van der Waals surface area contributed by atoms with Gasteiger partial charge in [0.2, 0.25) is 6.79 Å². The van der Waals surface area contributed by atoms with E-state index in [2.05, 4.69) is 57.8 Å². The lowest BCUT2D eigenvalue weighted by molar-refractivity contribution is 0.0941. The summed E-state index contributed by atoms with van der Waals surface area (Å²) in [6.07, 6.45) is 1.87. The molecule has 3 heterocycles. The number of aromatic nitrogens is 1. The first kappa shape index (κ1) is 24.1. The van der Waals surface area contributed by atoms with Gasteiger partial charge in [-0.3, -0.25) is 9.69 Å². The molecular formula is C30H29N3O5. The largest absolute Gasteiger partial charge is 0.493 e. The number of ether oxygens (including phenoxy) is 3.